The molecule has 0 aliphatic heterocycles. The summed E-state index contributed by atoms with van der Waals surface area (Å²) >= 11 is 0. The molecule has 0 aliphatic rings. The Balaban J connectivity index is 1.82. The number of ether oxygens (including phenoxy) is 2. The van der Waals surface area contributed by atoms with Crippen LogP contribution in [0.5, 0.6) is 11.5 Å². The molecular formula is C26H29NO4. The van der Waals surface area contributed by atoms with Crippen LogP contribution in [0.15, 0.2) is 78.9 Å². The summed E-state index contributed by atoms with van der Waals surface area (Å²) in [5.41, 5.74) is 2.97. The van der Waals surface area contributed by atoms with Gasteiger partial charge in [-0.3, -0.25) is 4.79 Å². The molecule has 3 aromatic carbocycles. The lowest BCUT2D eigenvalue weighted by Gasteiger charge is -2.27. The van der Waals surface area contributed by atoms with E-state index < -0.39 is 11.9 Å². The average molecular weight is 420 g/mol. The van der Waals surface area contributed by atoms with E-state index in [4.69, 9.17) is 9.47 Å². The van der Waals surface area contributed by atoms with Crippen molar-refractivity contribution in [3.8, 4) is 11.5 Å². The van der Waals surface area contributed by atoms with Gasteiger partial charge in [-0.15, -0.1) is 0 Å². The topological polar surface area (TPSA) is 67.8 Å². The Kier molecular flexibility index (Phi) is 7.93. The number of aliphatic carboxylic acids is 1. The second kappa shape index (κ2) is 11.1. The Bertz CT molecular complexity index is 939. The van der Waals surface area contributed by atoms with Crippen molar-refractivity contribution in [2.45, 2.75) is 25.3 Å². The summed E-state index contributed by atoms with van der Waals surface area (Å²) < 4.78 is 10.5. The highest BCUT2D eigenvalue weighted by molar-refractivity contribution is 5.72. The van der Waals surface area contributed by atoms with Gasteiger partial charge in [0, 0.05) is 5.69 Å². The van der Waals surface area contributed by atoms with Crippen LogP contribution < -0.4 is 14.8 Å². The van der Waals surface area contributed by atoms with Crippen molar-refractivity contribution in [3.05, 3.63) is 90.0 Å². The molecular weight excluding hydrogens is 390 g/mol. The van der Waals surface area contributed by atoms with Gasteiger partial charge in [0.15, 0.2) is 0 Å². The van der Waals surface area contributed by atoms with Crippen LogP contribution in [0.3, 0.4) is 0 Å². The normalized spacial score (nSPS) is 12.6. The summed E-state index contributed by atoms with van der Waals surface area (Å²) in [5.74, 6) is 0.0983. The number of hydrogen-bond donors (Lipinski definition) is 2. The zero-order valence-electron chi connectivity index (χ0n) is 18.0. The molecule has 162 valence electrons. The summed E-state index contributed by atoms with van der Waals surface area (Å²) in [7, 11) is 3.24. The monoisotopic (exact) mass is 419 g/mol. The van der Waals surface area contributed by atoms with Gasteiger partial charge in [-0.25, -0.2) is 0 Å². The lowest BCUT2D eigenvalue weighted by Crippen LogP contribution is -2.28. The molecule has 5 nitrogen and oxygen atoms in total. The van der Waals surface area contributed by atoms with Gasteiger partial charge in [0.1, 0.15) is 11.5 Å². The standard InChI is InChI=1S/C26H29NO4/c1-30-22-15-11-20(12-16-22)25(27-21-13-17-23(31-2)18-14-21)24(26(28)29)10-6-9-19-7-4-3-5-8-19/h3-5,7-8,11-18,24-25,27H,6,9-10H2,1-2H3,(H,28,29)/t24-,25-/m1/s1. The molecule has 2 atom stereocenters. The first-order valence-electron chi connectivity index (χ1n) is 10.4. The number of nitrogens with one attached hydrogen (secondary N) is 1. The lowest BCUT2D eigenvalue weighted by molar-refractivity contribution is -0.142. The maximum Gasteiger partial charge on any atom is 0.308 e. The highest BCUT2D eigenvalue weighted by Gasteiger charge is 2.29. The van der Waals surface area contributed by atoms with Crippen LogP contribution in [0, 0.1) is 5.92 Å². The smallest absolute Gasteiger partial charge is 0.308 e. The molecule has 0 radical (unpaired) electrons. The molecule has 3 aromatic rings. The summed E-state index contributed by atoms with van der Waals surface area (Å²) in [5, 5.41) is 13.5. The SMILES string of the molecule is COc1ccc(N[C@H](c2ccc(OC)cc2)[C@@H](CCCc2ccccc2)C(=O)O)cc1. The predicted octanol–water partition coefficient (Wildman–Crippen LogP) is 5.58. The van der Waals surface area contributed by atoms with Crippen LogP contribution in [-0.2, 0) is 11.2 Å². The number of methoxy groups -OCH3 is 2. The Morgan fingerprint density at radius 2 is 1.45 bits per heavy atom. The van der Waals surface area contributed by atoms with E-state index in [9.17, 15) is 9.90 Å². The van der Waals surface area contributed by atoms with Crippen molar-refractivity contribution in [1.29, 1.82) is 0 Å². The molecule has 0 saturated heterocycles. The third-order valence-electron chi connectivity index (χ3n) is 5.43. The van der Waals surface area contributed by atoms with E-state index in [1.807, 2.05) is 66.7 Å². The van der Waals surface area contributed by atoms with Crippen molar-refractivity contribution in [1.82, 2.24) is 0 Å². The fourth-order valence-corrected chi connectivity index (χ4v) is 3.70. The van der Waals surface area contributed by atoms with Crippen molar-refractivity contribution < 1.29 is 19.4 Å². The van der Waals surface area contributed by atoms with E-state index in [0.29, 0.717) is 6.42 Å². The van der Waals surface area contributed by atoms with Gasteiger partial charge in [0.25, 0.3) is 0 Å². The first kappa shape index (κ1) is 22.2. The minimum Gasteiger partial charge on any atom is -0.497 e. The molecule has 31 heavy (non-hydrogen) atoms. The van der Waals surface area contributed by atoms with E-state index in [1.165, 1.54) is 5.56 Å². The largest absolute Gasteiger partial charge is 0.497 e. The van der Waals surface area contributed by atoms with Crippen LogP contribution in [-0.4, -0.2) is 25.3 Å². The van der Waals surface area contributed by atoms with E-state index in [2.05, 4.69) is 17.4 Å². The Labute approximate surface area is 183 Å². The Hall–Kier alpha value is -3.47. The second-order valence-corrected chi connectivity index (χ2v) is 7.45. The second-order valence-electron chi connectivity index (χ2n) is 7.45. The minimum atomic E-state index is -0.810. The predicted molar refractivity (Wildman–Crippen MR) is 123 cm³/mol. The van der Waals surface area contributed by atoms with E-state index in [1.54, 1.807) is 14.2 Å². The fourth-order valence-electron chi connectivity index (χ4n) is 3.70. The maximum atomic E-state index is 12.3. The number of carboxylic acid groups (broad SMARTS) is 1. The van der Waals surface area contributed by atoms with Crippen LogP contribution >= 0.6 is 0 Å². The molecule has 2 N–H and O–H groups in total. The Morgan fingerprint density at radius 1 is 0.871 bits per heavy atom. The molecule has 0 amide bonds. The third kappa shape index (κ3) is 6.25. The molecule has 0 bridgehead atoms. The number of carboxylic acids is 1. The number of benzene rings is 3. The number of aryl methyl sites for hydroxylation is 1. The first-order valence-corrected chi connectivity index (χ1v) is 10.4. The van der Waals surface area contributed by atoms with Gasteiger partial charge in [-0.05, 0) is 66.8 Å². The Morgan fingerprint density at radius 3 is 2.00 bits per heavy atom. The van der Waals surface area contributed by atoms with Crippen LogP contribution in [0.25, 0.3) is 0 Å². The molecule has 0 fully saturated rings. The number of hydrogen-bond acceptors (Lipinski definition) is 4. The van der Waals surface area contributed by atoms with Crippen molar-refractivity contribution in [3.63, 3.8) is 0 Å². The quantitative estimate of drug-likeness (QED) is 0.425. The van der Waals surface area contributed by atoms with E-state index in [0.717, 1.165) is 35.6 Å². The van der Waals surface area contributed by atoms with Crippen molar-refractivity contribution in [2.75, 3.05) is 19.5 Å². The van der Waals surface area contributed by atoms with Gasteiger partial charge in [-0.1, -0.05) is 42.5 Å². The van der Waals surface area contributed by atoms with E-state index in [-0.39, 0.29) is 6.04 Å². The highest BCUT2D eigenvalue weighted by Crippen LogP contribution is 2.32. The first-order chi connectivity index (χ1) is 15.1. The molecule has 3 rings (SSSR count). The number of anilines is 1. The molecule has 5 heteroatoms. The third-order valence-corrected chi connectivity index (χ3v) is 5.43. The highest BCUT2D eigenvalue weighted by atomic mass is 16.5. The van der Waals surface area contributed by atoms with Gasteiger partial charge < -0.3 is 19.9 Å². The summed E-state index contributed by atoms with van der Waals surface area (Å²) in [4.78, 5) is 12.3. The van der Waals surface area contributed by atoms with E-state index >= 15 is 0 Å². The van der Waals surface area contributed by atoms with Gasteiger partial charge in [0.05, 0.1) is 26.2 Å². The van der Waals surface area contributed by atoms with Crippen molar-refractivity contribution >= 4 is 11.7 Å². The number of carbonyl (C=O) groups is 1. The molecule has 0 heterocycles. The molecule has 0 unspecified atom stereocenters. The van der Waals surface area contributed by atoms with Crippen LogP contribution in [0.2, 0.25) is 0 Å². The van der Waals surface area contributed by atoms with Crippen molar-refractivity contribution in [2.24, 2.45) is 5.92 Å². The van der Waals surface area contributed by atoms with Gasteiger partial charge in [-0.2, -0.15) is 0 Å². The summed E-state index contributed by atoms with van der Waals surface area (Å²) in [6, 6.07) is 24.9. The molecule has 0 spiro atoms. The van der Waals surface area contributed by atoms with Gasteiger partial charge >= 0.3 is 5.97 Å². The van der Waals surface area contributed by atoms with Crippen LogP contribution in [0.1, 0.15) is 30.0 Å². The van der Waals surface area contributed by atoms with Gasteiger partial charge in [0.2, 0.25) is 0 Å². The van der Waals surface area contributed by atoms with Crippen LogP contribution in [0.4, 0.5) is 5.69 Å². The average Bonchev–Trinajstić information content (AvgIpc) is 2.81. The minimum absolute atomic E-state index is 0.382. The number of rotatable bonds is 11. The molecule has 0 aromatic heterocycles. The zero-order chi connectivity index (χ0) is 22.1. The maximum absolute atomic E-state index is 12.3. The summed E-state index contributed by atoms with van der Waals surface area (Å²) in [6.07, 6.45) is 2.20. The zero-order valence-corrected chi connectivity index (χ0v) is 18.0. The molecule has 0 saturated carbocycles. The fraction of sp³-hybridized carbons (Fsp3) is 0.269. The molecule has 0 aliphatic carbocycles. The lowest BCUT2D eigenvalue weighted by atomic mass is 9.88. The summed E-state index contributed by atoms with van der Waals surface area (Å²) in [6.45, 7) is 0.